The van der Waals surface area contributed by atoms with Crippen LogP contribution in [-0.2, 0) is 16.2 Å². The quantitative estimate of drug-likeness (QED) is 0.852. The van der Waals surface area contributed by atoms with E-state index in [1.54, 1.807) is 24.5 Å². The van der Waals surface area contributed by atoms with Crippen molar-refractivity contribution in [3.63, 3.8) is 0 Å². The van der Waals surface area contributed by atoms with Gasteiger partial charge in [-0.05, 0) is 30.5 Å². The predicted octanol–water partition coefficient (Wildman–Crippen LogP) is 2.42. The first-order valence-corrected chi connectivity index (χ1v) is 8.88. The largest absolute Gasteiger partial charge is 0.338 e. The maximum Gasteiger partial charge on any atom is 0.255 e. The van der Waals surface area contributed by atoms with Gasteiger partial charge in [-0.15, -0.1) is 0 Å². The summed E-state index contributed by atoms with van der Waals surface area (Å²) in [5.41, 5.74) is 1.16. The molecule has 26 heavy (non-hydrogen) atoms. The molecule has 2 aliphatic rings. The van der Waals surface area contributed by atoms with Gasteiger partial charge in [-0.25, -0.2) is 5.06 Å². The summed E-state index contributed by atoms with van der Waals surface area (Å²) in [4.78, 5) is 36.8. The summed E-state index contributed by atoms with van der Waals surface area (Å²) in [6.07, 6.45) is 4.95. The summed E-state index contributed by atoms with van der Waals surface area (Å²) < 4.78 is 0. The third kappa shape index (κ3) is 3.32. The molecular weight excluding hydrogens is 330 g/mol. The zero-order valence-electron chi connectivity index (χ0n) is 14.5. The van der Waals surface area contributed by atoms with Crippen LogP contribution in [0, 0.1) is 0 Å². The van der Waals surface area contributed by atoms with E-state index < -0.39 is 5.60 Å². The van der Waals surface area contributed by atoms with Gasteiger partial charge in [0, 0.05) is 25.5 Å². The van der Waals surface area contributed by atoms with E-state index >= 15 is 0 Å². The van der Waals surface area contributed by atoms with Gasteiger partial charge in [-0.1, -0.05) is 30.3 Å². The van der Waals surface area contributed by atoms with Crippen molar-refractivity contribution in [2.75, 3.05) is 13.1 Å². The Hall–Kier alpha value is -2.73. The van der Waals surface area contributed by atoms with E-state index in [1.165, 1.54) is 5.06 Å². The fourth-order valence-corrected chi connectivity index (χ4v) is 3.61. The Morgan fingerprint density at radius 3 is 2.58 bits per heavy atom. The smallest absolute Gasteiger partial charge is 0.255 e. The summed E-state index contributed by atoms with van der Waals surface area (Å²) in [5.74, 6) is -0.000644. The van der Waals surface area contributed by atoms with Crippen LogP contribution in [-0.4, -0.2) is 45.5 Å². The SMILES string of the molecule is O=C(c1cccnc1)N1CCC2(CC1)CC(=O)N(Cc1ccccc1)O2. The molecule has 0 aliphatic carbocycles. The standard InChI is InChI=1S/C20H21N3O3/c24-18-13-20(26-23(18)15-16-5-2-1-3-6-16)8-11-22(12-9-20)19(25)17-7-4-10-21-14-17/h1-7,10,14H,8-9,11-13,15H2. The molecule has 0 N–H and O–H groups in total. The molecule has 3 heterocycles. The number of nitrogens with zero attached hydrogens (tertiary/aromatic N) is 3. The van der Waals surface area contributed by atoms with Crippen molar-refractivity contribution < 1.29 is 14.4 Å². The number of hydrogen-bond donors (Lipinski definition) is 0. The van der Waals surface area contributed by atoms with Gasteiger partial charge in [-0.2, -0.15) is 0 Å². The molecule has 2 fully saturated rings. The van der Waals surface area contributed by atoms with Crippen LogP contribution in [0.15, 0.2) is 54.9 Å². The van der Waals surface area contributed by atoms with E-state index in [1.807, 2.05) is 35.2 Å². The number of hydrogen-bond acceptors (Lipinski definition) is 4. The Balaban J connectivity index is 1.38. The van der Waals surface area contributed by atoms with E-state index in [0.717, 1.165) is 5.56 Å². The maximum absolute atomic E-state index is 12.5. The number of benzene rings is 1. The first-order valence-electron chi connectivity index (χ1n) is 8.88. The molecule has 6 nitrogen and oxygen atoms in total. The van der Waals surface area contributed by atoms with Gasteiger partial charge in [0.15, 0.2) is 0 Å². The zero-order chi connectivity index (χ0) is 18.0. The molecule has 1 aromatic heterocycles. The Morgan fingerprint density at radius 1 is 1.12 bits per heavy atom. The number of likely N-dealkylation sites (tertiary alicyclic amines) is 1. The van der Waals surface area contributed by atoms with Gasteiger partial charge in [0.25, 0.3) is 5.91 Å². The Morgan fingerprint density at radius 2 is 1.88 bits per heavy atom. The lowest BCUT2D eigenvalue weighted by Crippen LogP contribution is -2.47. The lowest BCUT2D eigenvalue weighted by molar-refractivity contribution is -0.213. The van der Waals surface area contributed by atoms with Crippen LogP contribution in [0.2, 0.25) is 0 Å². The zero-order valence-corrected chi connectivity index (χ0v) is 14.5. The van der Waals surface area contributed by atoms with E-state index in [4.69, 9.17) is 4.84 Å². The number of piperidine rings is 1. The van der Waals surface area contributed by atoms with E-state index in [0.29, 0.717) is 44.5 Å². The molecule has 6 heteroatoms. The molecule has 0 unspecified atom stereocenters. The molecule has 2 aromatic rings. The Bertz CT molecular complexity index is 786. The molecular formula is C20H21N3O3. The fourth-order valence-electron chi connectivity index (χ4n) is 3.61. The Labute approximate surface area is 152 Å². The Kier molecular flexibility index (Phi) is 4.42. The molecule has 0 bridgehead atoms. The number of carbonyl (C=O) groups is 2. The topological polar surface area (TPSA) is 62.7 Å². The minimum atomic E-state index is -0.475. The molecule has 0 radical (unpaired) electrons. The highest BCUT2D eigenvalue weighted by Crippen LogP contribution is 2.37. The average Bonchev–Trinajstić information content (AvgIpc) is 2.98. The van der Waals surface area contributed by atoms with Crippen molar-refractivity contribution in [2.45, 2.75) is 31.4 Å². The summed E-state index contributed by atoms with van der Waals surface area (Å²) >= 11 is 0. The molecule has 1 aromatic carbocycles. The van der Waals surface area contributed by atoms with Gasteiger partial charge >= 0.3 is 0 Å². The summed E-state index contributed by atoms with van der Waals surface area (Å²) in [6, 6.07) is 13.4. The lowest BCUT2D eigenvalue weighted by Gasteiger charge is -2.37. The number of rotatable bonds is 3. The molecule has 2 aliphatic heterocycles. The molecule has 2 saturated heterocycles. The number of amides is 2. The van der Waals surface area contributed by atoms with Crippen molar-refractivity contribution in [2.24, 2.45) is 0 Å². The van der Waals surface area contributed by atoms with Crippen LogP contribution in [0.5, 0.6) is 0 Å². The highest BCUT2D eigenvalue weighted by atomic mass is 16.7. The monoisotopic (exact) mass is 351 g/mol. The highest BCUT2D eigenvalue weighted by Gasteiger charge is 2.47. The van der Waals surface area contributed by atoms with Gasteiger partial charge in [-0.3, -0.25) is 19.4 Å². The van der Waals surface area contributed by atoms with Crippen LogP contribution in [0.4, 0.5) is 0 Å². The third-order valence-electron chi connectivity index (χ3n) is 5.09. The third-order valence-corrected chi connectivity index (χ3v) is 5.09. The van der Waals surface area contributed by atoms with E-state index in [-0.39, 0.29) is 11.8 Å². The van der Waals surface area contributed by atoms with E-state index in [2.05, 4.69) is 4.98 Å². The predicted molar refractivity (Wildman–Crippen MR) is 94.8 cm³/mol. The molecule has 0 saturated carbocycles. The maximum atomic E-state index is 12.5. The van der Waals surface area contributed by atoms with Gasteiger partial charge in [0.05, 0.1) is 18.5 Å². The first kappa shape index (κ1) is 16.7. The van der Waals surface area contributed by atoms with Gasteiger partial charge in [0.1, 0.15) is 5.60 Å². The van der Waals surface area contributed by atoms with Crippen molar-refractivity contribution >= 4 is 11.8 Å². The fraction of sp³-hybridized carbons (Fsp3) is 0.350. The van der Waals surface area contributed by atoms with Crippen molar-refractivity contribution in [1.29, 1.82) is 0 Å². The highest BCUT2D eigenvalue weighted by molar-refractivity contribution is 5.94. The lowest BCUT2D eigenvalue weighted by atomic mass is 9.88. The van der Waals surface area contributed by atoms with Gasteiger partial charge in [0.2, 0.25) is 5.91 Å². The van der Waals surface area contributed by atoms with Crippen LogP contribution < -0.4 is 0 Å². The molecule has 4 rings (SSSR count). The number of aromatic nitrogens is 1. The number of carbonyl (C=O) groups excluding carboxylic acids is 2. The second-order valence-electron chi connectivity index (χ2n) is 6.90. The summed E-state index contributed by atoms with van der Waals surface area (Å²) in [6.45, 7) is 1.63. The minimum absolute atomic E-state index is 0.0147. The summed E-state index contributed by atoms with van der Waals surface area (Å²) in [5, 5.41) is 1.48. The van der Waals surface area contributed by atoms with Crippen LogP contribution in [0.3, 0.4) is 0 Å². The second-order valence-corrected chi connectivity index (χ2v) is 6.90. The van der Waals surface area contributed by atoms with Crippen LogP contribution >= 0.6 is 0 Å². The first-order chi connectivity index (χ1) is 12.7. The molecule has 1 spiro atoms. The van der Waals surface area contributed by atoms with Crippen molar-refractivity contribution in [3.8, 4) is 0 Å². The van der Waals surface area contributed by atoms with Crippen LogP contribution in [0.25, 0.3) is 0 Å². The molecule has 2 amide bonds. The van der Waals surface area contributed by atoms with Crippen molar-refractivity contribution in [3.05, 3.63) is 66.0 Å². The van der Waals surface area contributed by atoms with Crippen molar-refractivity contribution in [1.82, 2.24) is 14.9 Å². The normalized spacial score (nSPS) is 19.2. The number of hydroxylamine groups is 2. The van der Waals surface area contributed by atoms with Gasteiger partial charge < -0.3 is 4.90 Å². The minimum Gasteiger partial charge on any atom is -0.338 e. The second kappa shape index (κ2) is 6.88. The summed E-state index contributed by atoms with van der Waals surface area (Å²) in [7, 11) is 0. The number of pyridine rings is 1. The van der Waals surface area contributed by atoms with Crippen LogP contribution in [0.1, 0.15) is 35.2 Å². The molecule has 134 valence electrons. The molecule has 0 atom stereocenters. The average molecular weight is 351 g/mol. The van der Waals surface area contributed by atoms with E-state index in [9.17, 15) is 9.59 Å².